The molecule has 2 aromatic rings. The topological polar surface area (TPSA) is 55.8 Å². The Balaban J connectivity index is 1.81. The molecule has 4 heteroatoms. The second-order valence-corrected chi connectivity index (χ2v) is 5.39. The van der Waals surface area contributed by atoms with E-state index in [4.69, 9.17) is 14.6 Å². The maximum Gasteiger partial charge on any atom is 0.344 e. The number of carbonyl (C=O) groups is 1. The first-order valence-electron chi connectivity index (χ1n) is 7.36. The minimum atomic E-state index is -0.970. The van der Waals surface area contributed by atoms with Gasteiger partial charge in [0.1, 0.15) is 11.5 Å². The Morgan fingerprint density at radius 3 is 2.68 bits per heavy atom. The van der Waals surface area contributed by atoms with E-state index in [1.807, 2.05) is 42.5 Å². The fraction of sp³-hybridized carbons (Fsp3) is 0.278. The zero-order valence-corrected chi connectivity index (χ0v) is 12.4. The van der Waals surface area contributed by atoms with E-state index >= 15 is 0 Å². The molecule has 0 saturated carbocycles. The Morgan fingerprint density at radius 1 is 1.23 bits per heavy atom. The van der Waals surface area contributed by atoms with Gasteiger partial charge in [0.25, 0.3) is 0 Å². The van der Waals surface area contributed by atoms with Crippen molar-refractivity contribution < 1.29 is 19.4 Å². The summed E-state index contributed by atoms with van der Waals surface area (Å²) in [6.07, 6.45) is 0.0811. The third-order valence-corrected chi connectivity index (χ3v) is 3.90. The van der Waals surface area contributed by atoms with Crippen LogP contribution < -0.4 is 9.47 Å². The second-order valence-electron chi connectivity index (χ2n) is 5.39. The molecule has 2 atom stereocenters. The molecule has 1 N–H and O–H groups in total. The highest BCUT2D eigenvalue weighted by atomic mass is 16.5. The first kappa shape index (κ1) is 14.4. The molecule has 0 radical (unpaired) electrons. The smallest absolute Gasteiger partial charge is 0.344 e. The van der Waals surface area contributed by atoms with Gasteiger partial charge in [-0.2, -0.15) is 0 Å². The third-order valence-electron chi connectivity index (χ3n) is 3.90. The van der Waals surface area contributed by atoms with Gasteiger partial charge in [-0.05, 0) is 37.1 Å². The van der Waals surface area contributed by atoms with Gasteiger partial charge in [-0.1, -0.05) is 30.3 Å². The van der Waals surface area contributed by atoms with E-state index in [9.17, 15) is 4.79 Å². The van der Waals surface area contributed by atoms with Crippen LogP contribution in [0.25, 0.3) is 0 Å². The van der Waals surface area contributed by atoms with Crippen molar-refractivity contribution in [2.75, 3.05) is 6.61 Å². The van der Waals surface area contributed by atoms with E-state index in [2.05, 4.69) is 6.07 Å². The SMILES string of the molecule is CC(Oc1ccc(C2CCOc3ccccc32)cc1)C(=O)O. The first-order chi connectivity index (χ1) is 10.6. The van der Waals surface area contributed by atoms with Gasteiger partial charge < -0.3 is 14.6 Å². The summed E-state index contributed by atoms with van der Waals surface area (Å²) < 4.78 is 11.1. The second kappa shape index (κ2) is 6.10. The number of para-hydroxylation sites is 1. The van der Waals surface area contributed by atoms with Crippen molar-refractivity contribution in [2.24, 2.45) is 0 Å². The van der Waals surface area contributed by atoms with Gasteiger partial charge in [-0.3, -0.25) is 0 Å². The van der Waals surface area contributed by atoms with Crippen LogP contribution in [0.2, 0.25) is 0 Å². The van der Waals surface area contributed by atoms with E-state index in [-0.39, 0.29) is 0 Å². The molecule has 0 bridgehead atoms. The predicted molar refractivity (Wildman–Crippen MR) is 82.6 cm³/mol. The van der Waals surface area contributed by atoms with E-state index in [1.54, 1.807) is 0 Å². The Morgan fingerprint density at radius 2 is 1.95 bits per heavy atom. The molecule has 0 spiro atoms. The van der Waals surface area contributed by atoms with Crippen molar-refractivity contribution in [1.29, 1.82) is 0 Å². The Labute approximate surface area is 129 Å². The standard InChI is InChI=1S/C18H18O4/c1-12(18(19)20)22-14-8-6-13(7-9-14)15-10-11-21-17-5-3-2-4-16(15)17/h2-9,12,15H,10-11H2,1H3,(H,19,20). The molecule has 22 heavy (non-hydrogen) atoms. The Hall–Kier alpha value is -2.49. The van der Waals surface area contributed by atoms with Crippen LogP contribution in [0.3, 0.4) is 0 Å². The molecule has 0 fully saturated rings. The van der Waals surface area contributed by atoms with Gasteiger partial charge >= 0.3 is 5.97 Å². The summed E-state index contributed by atoms with van der Waals surface area (Å²) in [5, 5.41) is 8.87. The molecule has 1 heterocycles. The van der Waals surface area contributed by atoms with Gasteiger partial charge in [0.2, 0.25) is 0 Å². The summed E-state index contributed by atoms with van der Waals surface area (Å²) in [6.45, 7) is 2.22. The van der Waals surface area contributed by atoms with Crippen LogP contribution in [0.4, 0.5) is 0 Å². The number of rotatable bonds is 4. The number of carboxylic acid groups (broad SMARTS) is 1. The van der Waals surface area contributed by atoms with Gasteiger partial charge in [0.05, 0.1) is 6.61 Å². The summed E-state index contributed by atoms with van der Waals surface area (Å²) in [5.41, 5.74) is 2.38. The van der Waals surface area contributed by atoms with Crippen LogP contribution in [-0.2, 0) is 4.79 Å². The molecular weight excluding hydrogens is 280 g/mol. The molecule has 1 aliphatic rings. The monoisotopic (exact) mass is 298 g/mol. The Bertz CT molecular complexity index is 663. The van der Waals surface area contributed by atoms with Crippen molar-refractivity contribution in [3.8, 4) is 11.5 Å². The van der Waals surface area contributed by atoms with Crippen molar-refractivity contribution >= 4 is 5.97 Å². The van der Waals surface area contributed by atoms with Gasteiger partial charge in [0.15, 0.2) is 6.10 Å². The molecule has 1 aliphatic heterocycles. The van der Waals surface area contributed by atoms with Crippen LogP contribution >= 0.6 is 0 Å². The lowest BCUT2D eigenvalue weighted by Crippen LogP contribution is -2.22. The molecule has 0 aromatic heterocycles. The molecular formula is C18H18O4. The average molecular weight is 298 g/mol. The normalized spacial score (nSPS) is 18.0. The average Bonchev–Trinajstić information content (AvgIpc) is 2.55. The highest BCUT2D eigenvalue weighted by Gasteiger charge is 2.22. The summed E-state index contributed by atoms with van der Waals surface area (Å²) in [6, 6.07) is 15.7. The molecule has 3 rings (SSSR count). The van der Waals surface area contributed by atoms with Crippen LogP contribution in [0.15, 0.2) is 48.5 Å². The van der Waals surface area contributed by atoms with E-state index < -0.39 is 12.1 Å². The van der Waals surface area contributed by atoms with E-state index in [0.29, 0.717) is 18.3 Å². The first-order valence-corrected chi connectivity index (χ1v) is 7.36. The van der Waals surface area contributed by atoms with Crippen LogP contribution in [0.1, 0.15) is 30.4 Å². The molecule has 4 nitrogen and oxygen atoms in total. The number of carboxylic acids is 1. The van der Waals surface area contributed by atoms with Crippen molar-refractivity contribution in [3.63, 3.8) is 0 Å². The zero-order valence-electron chi connectivity index (χ0n) is 12.4. The molecule has 2 unspecified atom stereocenters. The van der Waals surface area contributed by atoms with E-state index in [0.717, 1.165) is 12.2 Å². The number of hydrogen-bond donors (Lipinski definition) is 1. The fourth-order valence-electron chi connectivity index (χ4n) is 2.72. The zero-order chi connectivity index (χ0) is 15.5. The number of hydrogen-bond acceptors (Lipinski definition) is 3. The van der Waals surface area contributed by atoms with Crippen LogP contribution in [0.5, 0.6) is 11.5 Å². The van der Waals surface area contributed by atoms with Gasteiger partial charge in [-0.15, -0.1) is 0 Å². The van der Waals surface area contributed by atoms with Gasteiger partial charge in [-0.25, -0.2) is 4.79 Å². The number of benzene rings is 2. The van der Waals surface area contributed by atoms with Crippen LogP contribution in [-0.4, -0.2) is 23.8 Å². The lowest BCUT2D eigenvalue weighted by atomic mass is 9.87. The number of ether oxygens (including phenoxy) is 2. The molecule has 0 amide bonds. The molecule has 2 aromatic carbocycles. The van der Waals surface area contributed by atoms with Crippen molar-refractivity contribution in [3.05, 3.63) is 59.7 Å². The molecule has 114 valence electrons. The number of aliphatic carboxylic acids is 1. The van der Waals surface area contributed by atoms with Gasteiger partial charge in [0, 0.05) is 11.5 Å². The minimum absolute atomic E-state index is 0.302. The lowest BCUT2D eigenvalue weighted by Gasteiger charge is -2.26. The maximum atomic E-state index is 10.8. The van der Waals surface area contributed by atoms with Crippen molar-refractivity contribution in [1.82, 2.24) is 0 Å². The third kappa shape index (κ3) is 2.91. The number of fused-ring (bicyclic) bond motifs is 1. The summed E-state index contributed by atoms with van der Waals surface area (Å²) in [4.78, 5) is 10.8. The fourth-order valence-corrected chi connectivity index (χ4v) is 2.72. The Kier molecular flexibility index (Phi) is 4.00. The molecule has 0 saturated heterocycles. The predicted octanol–water partition coefficient (Wildman–Crippen LogP) is 3.45. The van der Waals surface area contributed by atoms with Crippen molar-refractivity contribution in [2.45, 2.75) is 25.4 Å². The lowest BCUT2D eigenvalue weighted by molar-refractivity contribution is -0.144. The quantitative estimate of drug-likeness (QED) is 0.939. The van der Waals surface area contributed by atoms with E-state index in [1.165, 1.54) is 18.1 Å². The summed E-state index contributed by atoms with van der Waals surface area (Å²) in [5.74, 6) is 0.843. The summed E-state index contributed by atoms with van der Waals surface area (Å²) >= 11 is 0. The largest absolute Gasteiger partial charge is 0.493 e. The molecule has 0 aliphatic carbocycles. The highest BCUT2D eigenvalue weighted by Crippen LogP contribution is 2.38. The summed E-state index contributed by atoms with van der Waals surface area (Å²) in [7, 11) is 0. The minimum Gasteiger partial charge on any atom is -0.493 e. The van der Waals surface area contributed by atoms with Crippen LogP contribution in [0, 0.1) is 0 Å². The maximum absolute atomic E-state index is 10.8. The highest BCUT2D eigenvalue weighted by molar-refractivity contribution is 5.72.